The van der Waals surface area contributed by atoms with Gasteiger partial charge in [0.15, 0.2) is 0 Å². The molecule has 2 aromatic carbocycles. The van der Waals surface area contributed by atoms with Crippen LogP contribution in [-0.4, -0.2) is 5.11 Å². The molecule has 0 saturated heterocycles. The van der Waals surface area contributed by atoms with E-state index < -0.39 is 17.7 Å². The third-order valence-corrected chi connectivity index (χ3v) is 3.85. The lowest BCUT2D eigenvalue weighted by Gasteiger charge is -2.14. The van der Waals surface area contributed by atoms with Gasteiger partial charge in [-0.25, -0.2) is 8.78 Å². The summed E-state index contributed by atoms with van der Waals surface area (Å²) >= 11 is 3.00. The number of hydrogen-bond donors (Lipinski definition) is 1. The van der Waals surface area contributed by atoms with Crippen molar-refractivity contribution >= 4 is 15.9 Å². The van der Waals surface area contributed by atoms with Crippen molar-refractivity contribution in [2.45, 2.75) is 25.9 Å². The first-order chi connectivity index (χ1) is 9.49. The molecular weight excluding hydrogens is 326 g/mol. The predicted molar refractivity (Wildman–Crippen MR) is 78.5 cm³/mol. The molecule has 0 aliphatic heterocycles. The molecule has 0 heterocycles. The van der Waals surface area contributed by atoms with E-state index in [1.165, 1.54) is 6.07 Å². The minimum atomic E-state index is -1.16. The molecule has 1 atom stereocenters. The Morgan fingerprint density at radius 2 is 1.75 bits per heavy atom. The average molecular weight is 341 g/mol. The number of rotatable bonds is 4. The Morgan fingerprint density at radius 3 is 2.40 bits per heavy atom. The summed E-state index contributed by atoms with van der Waals surface area (Å²) in [5, 5.41) is 10.0. The molecule has 1 unspecified atom stereocenters. The van der Waals surface area contributed by atoms with Crippen LogP contribution in [0.4, 0.5) is 8.78 Å². The van der Waals surface area contributed by atoms with Crippen molar-refractivity contribution in [2.75, 3.05) is 0 Å². The lowest BCUT2D eigenvalue weighted by atomic mass is 10.00. The van der Waals surface area contributed by atoms with Gasteiger partial charge in [-0.3, -0.25) is 0 Å². The van der Waals surface area contributed by atoms with Gasteiger partial charge in [0.05, 0.1) is 16.1 Å². The van der Waals surface area contributed by atoms with Crippen LogP contribution in [0, 0.1) is 18.6 Å². The summed E-state index contributed by atoms with van der Waals surface area (Å²) in [6, 6.07) is 10.3. The maximum Gasteiger partial charge on any atom is 0.146 e. The molecule has 0 bridgehead atoms. The van der Waals surface area contributed by atoms with Gasteiger partial charge < -0.3 is 5.11 Å². The predicted octanol–water partition coefficient (Wildman–Crippen LogP) is 4.70. The van der Waals surface area contributed by atoms with E-state index in [0.29, 0.717) is 6.42 Å². The van der Waals surface area contributed by atoms with Gasteiger partial charge in [-0.15, -0.1) is 0 Å². The van der Waals surface area contributed by atoms with Gasteiger partial charge in [-0.1, -0.05) is 29.8 Å². The smallest absolute Gasteiger partial charge is 0.146 e. The highest BCUT2D eigenvalue weighted by atomic mass is 79.9. The molecule has 2 rings (SSSR count). The zero-order valence-corrected chi connectivity index (χ0v) is 12.6. The molecule has 0 amide bonds. The Labute approximate surface area is 125 Å². The molecule has 4 heteroatoms. The molecule has 0 aliphatic carbocycles. The van der Waals surface area contributed by atoms with Crippen LogP contribution in [-0.2, 0) is 6.42 Å². The highest BCUT2D eigenvalue weighted by Crippen LogP contribution is 2.29. The topological polar surface area (TPSA) is 20.2 Å². The Bertz CT molecular complexity index is 596. The van der Waals surface area contributed by atoms with E-state index in [0.717, 1.165) is 17.2 Å². The molecule has 0 saturated carbocycles. The molecule has 20 heavy (non-hydrogen) atoms. The van der Waals surface area contributed by atoms with Gasteiger partial charge in [0, 0.05) is 0 Å². The van der Waals surface area contributed by atoms with Gasteiger partial charge in [-0.05, 0) is 53.4 Å². The average Bonchev–Trinajstić information content (AvgIpc) is 2.43. The van der Waals surface area contributed by atoms with E-state index in [1.807, 2.05) is 31.2 Å². The highest BCUT2D eigenvalue weighted by Gasteiger charge is 2.19. The van der Waals surface area contributed by atoms with Crippen molar-refractivity contribution < 1.29 is 13.9 Å². The highest BCUT2D eigenvalue weighted by molar-refractivity contribution is 9.10. The fourth-order valence-corrected chi connectivity index (χ4v) is 2.40. The van der Waals surface area contributed by atoms with E-state index in [4.69, 9.17) is 0 Å². The fraction of sp³-hybridized carbons (Fsp3) is 0.250. The summed E-state index contributed by atoms with van der Waals surface area (Å²) in [4.78, 5) is 0. The monoisotopic (exact) mass is 340 g/mol. The van der Waals surface area contributed by atoms with Crippen LogP contribution in [0.15, 0.2) is 40.9 Å². The zero-order chi connectivity index (χ0) is 14.7. The number of benzene rings is 2. The minimum Gasteiger partial charge on any atom is -0.388 e. The molecule has 2 aromatic rings. The fourth-order valence-electron chi connectivity index (χ4n) is 2.05. The number of aliphatic hydroxyl groups is 1. The lowest BCUT2D eigenvalue weighted by Crippen LogP contribution is -2.06. The van der Waals surface area contributed by atoms with Crippen LogP contribution < -0.4 is 0 Å². The van der Waals surface area contributed by atoms with Gasteiger partial charge in [0.1, 0.15) is 11.6 Å². The van der Waals surface area contributed by atoms with Crippen LogP contribution >= 0.6 is 15.9 Å². The Balaban J connectivity index is 2.11. The van der Waals surface area contributed by atoms with Crippen LogP contribution in [0.2, 0.25) is 0 Å². The van der Waals surface area contributed by atoms with Gasteiger partial charge in [-0.2, -0.15) is 0 Å². The van der Waals surface area contributed by atoms with Gasteiger partial charge >= 0.3 is 0 Å². The van der Waals surface area contributed by atoms with Gasteiger partial charge in [0.2, 0.25) is 0 Å². The number of aryl methyl sites for hydroxylation is 2. The molecule has 106 valence electrons. The molecule has 1 N–H and O–H groups in total. The third-order valence-electron chi connectivity index (χ3n) is 3.24. The molecule has 0 fully saturated rings. The van der Waals surface area contributed by atoms with Crippen LogP contribution in [0.1, 0.15) is 29.2 Å². The second-order valence-corrected chi connectivity index (χ2v) is 5.65. The summed E-state index contributed by atoms with van der Waals surface area (Å²) in [6.07, 6.45) is -0.325. The summed E-state index contributed by atoms with van der Waals surface area (Å²) in [6.45, 7) is 1.99. The molecule has 1 nitrogen and oxygen atoms in total. The summed E-state index contributed by atoms with van der Waals surface area (Å²) in [5.74, 6) is -1.46. The van der Waals surface area contributed by atoms with Gasteiger partial charge in [0.25, 0.3) is 0 Å². The normalized spacial score (nSPS) is 12.4. The van der Waals surface area contributed by atoms with E-state index in [-0.39, 0.29) is 16.5 Å². The first-order valence-electron chi connectivity index (χ1n) is 6.36. The SMILES string of the molecule is Cc1ccc(CCC(O)c2c(F)ccc(Br)c2F)cc1. The van der Waals surface area contributed by atoms with Crippen molar-refractivity contribution in [3.63, 3.8) is 0 Å². The number of hydrogen-bond acceptors (Lipinski definition) is 1. The van der Waals surface area contributed by atoms with Crippen LogP contribution in [0.3, 0.4) is 0 Å². The molecule has 0 aliphatic rings. The Morgan fingerprint density at radius 1 is 1.10 bits per heavy atom. The maximum atomic E-state index is 13.8. The Kier molecular flexibility index (Phi) is 4.89. The molecule has 0 spiro atoms. The third kappa shape index (κ3) is 3.44. The van der Waals surface area contributed by atoms with E-state index in [1.54, 1.807) is 0 Å². The largest absolute Gasteiger partial charge is 0.388 e. The lowest BCUT2D eigenvalue weighted by molar-refractivity contribution is 0.158. The van der Waals surface area contributed by atoms with E-state index in [9.17, 15) is 13.9 Å². The van der Waals surface area contributed by atoms with Crippen molar-refractivity contribution in [3.8, 4) is 0 Å². The summed E-state index contributed by atoms with van der Waals surface area (Å²) in [7, 11) is 0. The molecular formula is C16H15BrF2O. The van der Waals surface area contributed by atoms with Crippen LogP contribution in [0.5, 0.6) is 0 Å². The zero-order valence-electron chi connectivity index (χ0n) is 11.0. The second-order valence-electron chi connectivity index (χ2n) is 4.80. The Hall–Kier alpha value is -1.26. The quantitative estimate of drug-likeness (QED) is 0.799. The van der Waals surface area contributed by atoms with Crippen molar-refractivity contribution in [1.82, 2.24) is 0 Å². The van der Waals surface area contributed by atoms with Crippen molar-refractivity contribution in [2.24, 2.45) is 0 Å². The minimum absolute atomic E-state index is 0.156. The standard InChI is InChI=1S/C16H15BrF2O/c1-10-2-4-11(5-3-10)6-9-14(20)15-13(18)8-7-12(17)16(15)19/h2-5,7-8,14,20H,6,9H2,1H3. The first kappa shape index (κ1) is 15.1. The first-order valence-corrected chi connectivity index (χ1v) is 7.15. The van der Waals surface area contributed by atoms with E-state index >= 15 is 0 Å². The summed E-state index contributed by atoms with van der Waals surface area (Å²) in [5.41, 5.74) is 1.91. The van der Waals surface area contributed by atoms with Crippen molar-refractivity contribution in [3.05, 3.63) is 69.2 Å². The van der Waals surface area contributed by atoms with Crippen LogP contribution in [0.25, 0.3) is 0 Å². The maximum absolute atomic E-state index is 13.8. The summed E-state index contributed by atoms with van der Waals surface area (Å²) < 4.78 is 27.6. The number of halogens is 3. The molecule has 0 aromatic heterocycles. The molecule has 0 radical (unpaired) electrons. The van der Waals surface area contributed by atoms with E-state index in [2.05, 4.69) is 15.9 Å². The second kappa shape index (κ2) is 6.46. The number of aliphatic hydroxyl groups excluding tert-OH is 1. The van der Waals surface area contributed by atoms with Crippen molar-refractivity contribution in [1.29, 1.82) is 0 Å².